The van der Waals surface area contributed by atoms with E-state index in [1.54, 1.807) is 24.3 Å². The quantitative estimate of drug-likeness (QED) is 0.543. The van der Waals surface area contributed by atoms with E-state index in [4.69, 9.17) is 13.9 Å². The van der Waals surface area contributed by atoms with Gasteiger partial charge in [0.05, 0.1) is 37.3 Å². The van der Waals surface area contributed by atoms with Crippen LogP contribution in [-0.2, 0) is 21.3 Å². The topological polar surface area (TPSA) is 108 Å². The van der Waals surface area contributed by atoms with Crippen molar-refractivity contribution >= 4 is 26.9 Å². The van der Waals surface area contributed by atoms with Crippen molar-refractivity contribution in [2.24, 2.45) is 0 Å². The average molecular weight is 432 g/mol. The number of Topliss-reactive ketones (excluding diaryl/α,β-unsaturated/α-hetero) is 1. The van der Waals surface area contributed by atoms with Gasteiger partial charge in [-0.2, -0.15) is 4.31 Å². The van der Waals surface area contributed by atoms with E-state index in [2.05, 4.69) is 0 Å². The van der Waals surface area contributed by atoms with Crippen LogP contribution in [0.2, 0.25) is 0 Å². The molecule has 1 saturated heterocycles. The fourth-order valence-electron chi connectivity index (χ4n) is 3.32. The Morgan fingerprint density at radius 2 is 1.90 bits per heavy atom. The summed E-state index contributed by atoms with van der Waals surface area (Å²) in [5.41, 5.74) is 0.840. The molecule has 4 rings (SSSR count). The van der Waals surface area contributed by atoms with Gasteiger partial charge in [0.15, 0.2) is 11.4 Å². The van der Waals surface area contributed by atoms with Crippen molar-refractivity contribution in [2.75, 3.05) is 33.4 Å². The van der Waals surface area contributed by atoms with Crippen molar-refractivity contribution < 1.29 is 27.1 Å². The van der Waals surface area contributed by atoms with Crippen LogP contribution in [0.4, 0.5) is 0 Å². The molecule has 158 valence electrons. The number of rotatable bonds is 6. The summed E-state index contributed by atoms with van der Waals surface area (Å²) in [4.78, 5) is 25.0. The highest BCUT2D eigenvalue weighted by Crippen LogP contribution is 2.23. The van der Waals surface area contributed by atoms with E-state index in [9.17, 15) is 18.0 Å². The lowest BCUT2D eigenvalue weighted by Gasteiger charge is -2.25. The van der Waals surface area contributed by atoms with E-state index in [1.165, 1.54) is 34.2 Å². The Labute approximate surface area is 172 Å². The van der Waals surface area contributed by atoms with Gasteiger partial charge in [0.1, 0.15) is 5.75 Å². The zero-order valence-corrected chi connectivity index (χ0v) is 17.1. The van der Waals surface area contributed by atoms with Crippen molar-refractivity contribution in [3.63, 3.8) is 0 Å². The molecule has 2 heterocycles. The Bertz CT molecular complexity index is 1250. The minimum absolute atomic E-state index is 0.0249. The molecule has 0 spiro atoms. The fraction of sp³-hybridized carbons (Fsp3) is 0.300. The van der Waals surface area contributed by atoms with Gasteiger partial charge in [-0.15, -0.1) is 0 Å². The number of ether oxygens (including phenoxy) is 2. The van der Waals surface area contributed by atoms with Crippen LogP contribution in [0.15, 0.2) is 56.6 Å². The zero-order valence-electron chi connectivity index (χ0n) is 16.2. The van der Waals surface area contributed by atoms with Crippen molar-refractivity contribution in [1.29, 1.82) is 0 Å². The SMILES string of the molecule is COc1cccc(C(=O)Cn2c(=O)oc3cc(S(=O)(=O)N4CCOCC4)ccc32)c1. The third-order valence-corrected chi connectivity index (χ3v) is 6.84. The highest BCUT2D eigenvalue weighted by molar-refractivity contribution is 7.89. The summed E-state index contributed by atoms with van der Waals surface area (Å²) in [5, 5.41) is 0. The molecule has 0 bridgehead atoms. The van der Waals surface area contributed by atoms with Crippen LogP contribution in [0, 0.1) is 0 Å². The Hall–Kier alpha value is -2.95. The summed E-state index contributed by atoms with van der Waals surface area (Å²) in [6.45, 7) is 0.952. The number of benzene rings is 2. The number of carbonyl (C=O) groups is 1. The number of methoxy groups -OCH3 is 1. The molecule has 0 saturated carbocycles. The number of hydrogen-bond acceptors (Lipinski definition) is 7. The molecule has 0 atom stereocenters. The molecule has 1 aliphatic heterocycles. The molecule has 1 fully saturated rings. The number of fused-ring (bicyclic) bond motifs is 1. The molecule has 9 nitrogen and oxygen atoms in total. The van der Waals surface area contributed by atoms with Crippen molar-refractivity contribution in [3.8, 4) is 5.75 Å². The molecule has 0 N–H and O–H groups in total. The van der Waals surface area contributed by atoms with Crippen molar-refractivity contribution in [2.45, 2.75) is 11.4 Å². The third kappa shape index (κ3) is 3.76. The van der Waals surface area contributed by atoms with Gasteiger partial charge in [-0.3, -0.25) is 9.36 Å². The molecule has 3 aromatic rings. The summed E-state index contributed by atoms with van der Waals surface area (Å²) in [7, 11) is -2.23. The monoisotopic (exact) mass is 432 g/mol. The van der Waals surface area contributed by atoms with Crippen molar-refractivity contribution in [3.05, 3.63) is 58.6 Å². The first kappa shape index (κ1) is 20.3. The van der Waals surface area contributed by atoms with Gasteiger partial charge in [0.2, 0.25) is 10.0 Å². The lowest BCUT2D eigenvalue weighted by Crippen LogP contribution is -2.40. The van der Waals surface area contributed by atoms with Crippen LogP contribution in [0.5, 0.6) is 5.75 Å². The third-order valence-electron chi connectivity index (χ3n) is 4.94. The predicted molar refractivity (Wildman–Crippen MR) is 107 cm³/mol. The lowest BCUT2D eigenvalue weighted by molar-refractivity contribution is 0.0730. The number of carbonyl (C=O) groups excluding carboxylic acids is 1. The Balaban J connectivity index is 1.65. The van der Waals surface area contributed by atoms with Gasteiger partial charge < -0.3 is 13.9 Å². The molecule has 1 aromatic heterocycles. The Morgan fingerprint density at radius 3 is 2.63 bits per heavy atom. The normalized spacial score (nSPS) is 15.4. The molecule has 30 heavy (non-hydrogen) atoms. The Kier molecular flexibility index (Phi) is 5.46. The van der Waals surface area contributed by atoms with Crippen LogP contribution < -0.4 is 10.5 Å². The van der Waals surface area contributed by atoms with Gasteiger partial charge in [-0.05, 0) is 24.3 Å². The summed E-state index contributed by atoms with van der Waals surface area (Å²) in [6.07, 6.45) is 0. The summed E-state index contributed by atoms with van der Waals surface area (Å²) < 4.78 is 43.7. The van der Waals surface area contributed by atoms with Crippen LogP contribution in [-0.4, -0.2) is 56.5 Å². The molecule has 10 heteroatoms. The minimum atomic E-state index is -3.73. The van der Waals surface area contributed by atoms with Crippen LogP contribution >= 0.6 is 0 Å². The molecule has 0 radical (unpaired) electrons. The first-order chi connectivity index (χ1) is 14.4. The molecule has 0 aliphatic carbocycles. The number of ketones is 1. The first-order valence-electron chi connectivity index (χ1n) is 9.29. The Morgan fingerprint density at radius 1 is 1.13 bits per heavy atom. The smallest absolute Gasteiger partial charge is 0.420 e. The summed E-state index contributed by atoms with van der Waals surface area (Å²) in [5.74, 6) is -0.505. The minimum Gasteiger partial charge on any atom is -0.497 e. The zero-order chi connectivity index (χ0) is 21.3. The summed E-state index contributed by atoms with van der Waals surface area (Å²) in [6, 6.07) is 10.8. The van der Waals surface area contributed by atoms with Crippen molar-refractivity contribution in [1.82, 2.24) is 8.87 Å². The van der Waals surface area contributed by atoms with E-state index in [-0.39, 0.29) is 35.9 Å². The van der Waals surface area contributed by atoms with Crippen LogP contribution in [0.3, 0.4) is 0 Å². The van der Waals surface area contributed by atoms with Crippen LogP contribution in [0.25, 0.3) is 11.1 Å². The summed E-state index contributed by atoms with van der Waals surface area (Å²) >= 11 is 0. The van der Waals surface area contributed by atoms with Crippen LogP contribution in [0.1, 0.15) is 10.4 Å². The molecular weight excluding hydrogens is 412 g/mol. The number of nitrogens with zero attached hydrogens (tertiary/aromatic N) is 2. The van der Waals surface area contributed by atoms with E-state index >= 15 is 0 Å². The lowest BCUT2D eigenvalue weighted by atomic mass is 10.1. The fourth-order valence-corrected chi connectivity index (χ4v) is 4.75. The second-order valence-corrected chi connectivity index (χ2v) is 8.69. The molecule has 0 amide bonds. The average Bonchev–Trinajstić information content (AvgIpc) is 3.08. The number of morpholine rings is 1. The van der Waals surface area contributed by atoms with E-state index in [0.717, 1.165) is 0 Å². The van der Waals surface area contributed by atoms with E-state index < -0.39 is 15.8 Å². The maximum Gasteiger partial charge on any atom is 0.420 e. The number of oxazole rings is 1. The maximum absolute atomic E-state index is 12.8. The van der Waals surface area contributed by atoms with Gasteiger partial charge in [0.25, 0.3) is 0 Å². The maximum atomic E-state index is 12.8. The van der Waals surface area contributed by atoms with E-state index in [1.807, 2.05) is 0 Å². The van der Waals surface area contributed by atoms with Gasteiger partial charge in [0, 0.05) is 24.7 Å². The van der Waals surface area contributed by atoms with Gasteiger partial charge in [-0.25, -0.2) is 13.2 Å². The van der Waals surface area contributed by atoms with Gasteiger partial charge in [-0.1, -0.05) is 12.1 Å². The molecule has 2 aromatic carbocycles. The second kappa shape index (κ2) is 8.05. The van der Waals surface area contributed by atoms with E-state index in [0.29, 0.717) is 30.0 Å². The number of hydrogen-bond donors (Lipinski definition) is 0. The number of aromatic nitrogens is 1. The predicted octanol–water partition coefficient (Wildman–Crippen LogP) is 1.51. The second-order valence-electron chi connectivity index (χ2n) is 6.76. The first-order valence-corrected chi connectivity index (χ1v) is 10.7. The number of sulfonamides is 1. The molecule has 1 aliphatic rings. The molecule has 0 unspecified atom stereocenters. The highest BCUT2D eigenvalue weighted by atomic mass is 32.2. The standard InChI is InChI=1S/C20H20N2O7S/c1-27-15-4-2-3-14(11-15)18(23)13-22-17-6-5-16(12-19(17)29-20(22)24)30(25,26)21-7-9-28-10-8-21/h2-6,11-12H,7-10,13H2,1H3. The molecular formula is C20H20N2O7S. The highest BCUT2D eigenvalue weighted by Gasteiger charge is 2.27. The van der Waals surface area contributed by atoms with Gasteiger partial charge >= 0.3 is 5.76 Å². The largest absolute Gasteiger partial charge is 0.497 e.